The van der Waals surface area contributed by atoms with E-state index in [1.165, 1.54) is 57.6 Å². The van der Waals surface area contributed by atoms with Crippen LogP contribution in [0.25, 0.3) is 20.5 Å². The van der Waals surface area contributed by atoms with Gasteiger partial charge in [-0.05, 0) is 103 Å². The lowest BCUT2D eigenvalue weighted by atomic mass is 9.99. The summed E-state index contributed by atoms with van der Waals surface area (Å²) in [4.78, 5) is 22.0. The first-order valence-corrected chi connectivity index (χ1v) is 14.8. The van der Waals surface area contributed by atoms with E-state index in [0.29, 0.717) is 13.0 Å². The van der Waals surface area contributed by atoms with Gasteiger partial charge in [0.2, 0.25) is 0 Å². The summed E-state index contributed by atoms with van der Waals surface area (Å²) in [7, 11) is 0. The maximum Gasteiger partial charge on any atom is 0.414 e. The summed E-state index contributed by atoms with van der Waals surface area (Å²) in [6.45, 7) is 4.74. The number of aliphatic carboxylic acids is 2. The quantitative estimate of drug-likeness (QED) is 0.152. The third-order valence-corrected chi connectivity index (χ3v) is 8.14. The number of ether oxygens (including phenoxy) is 2. The number of carboxylic acid groups (broad SMARTS) is 2. The summed E-state index contributed by atoms with van der Waals surface area (Å²) in [6.07, 6.45) is 4.78. The third-order valence-electron chi connectivity index (χ3n) is 6.88. The van der Waals surface area contributed by atoms with Crippen LogP contribution in [-0.2, 0) is 16.0 Å². The topological polar surface area (TPSA) is 120 Å². The van der Waals surface area contributed by atoms with Gasteiger partial charge in [-0.25, -0.2) is 9.59 Å². The number of fused-ring (bicyclic) bond motifs is 1. The summed E-state index contributed by atoms with van der Waals surface area (Å²) < 4.78 is 13.1. The second kappa shape index (κ2) is 15.6. The molecular weight excluding hydrogens is 552 g/mol. The van der Waals surface area contributed by atoms with Crippen molar-refractivity contribution in [2.45, 2.75) is 32.1 Å². The second-order valence-corrected chi connectivity index (χ2v) is 10.9. The van der Waals surface area contributed by atoms with Gasteiger partial charge in [0.15, 0.2) is 0 Å². The number of nitrogens with zero attached hydrogens (tertiary/aromatic N) is 2. The third kappa shape index (κ3) is 8.80. The lowest BCUT2D eigenvalue weighted by Crippen LogP contribution is -2.25. The minimum Gasteiger partial charge on any atom is -0.494 e. The molecule has 0 atom stereocenters. The van der Waals surface area contributed by atoms with Crippen LogP contribution < -0.4 is 9.47 Å². The van der Waals surface area contributed by atoms with Gasteiger partial charge in [0, 0.05) is 22.5 Å². The number of carboxylic acids is 2. The highest BCUT2D eigenvalue weighted by atomic mass is 32.1. The Labute approximate surface area is 249 Å². The SMILES string of the molecule is N#CCCCOc1ccc(-c2sc3ccccc3c2Cc2ccc(OCCN3CCCC3)cc2)cc1.O=C(O)C(=O)O. The molecule has 0 bridgehead atoms. The Morgan fingerprint density at radius 1 is 0.857 bits per heavy atom. The van der Waals surface area contributed by atoms with E-state index < -0.39 is 11.9 Å². The Kier molecular flexibility index (Phi) is 11.3. The minimum absolute atomic E-state index is 0.523. The lowest BCUT2D eigenvalue weighted by Gasteiger charge is -2.15. The van der Waals surface area contributed by atoms with Crippen LogP contribution in [0, 0.1) is 11.3 Å². The molecule has 0 amide bonds. The molecule has 0 aliphatic carbocycles. The molecular formula is C33H34N2O6S. The van der Waals surface area contributed by atoms with Crippen LogP contribution in [0.15, 0.2) is 72.8 Å². The van der Waals surface area contributed by atoms with Crippen molar-refractivity contribution in [2.75, 3.05) is 32.8 Å². The van der Waals surface area contributed by atoms with E-state index in [-0.39, 0.29) is 0 Å². The number of hydrogen-bond donors (Lipinski definition) is 2. The molecule has 1 aromatic heterocycles. The van der Waals surface area contributed by atoms with Crippen molar-refractivity contribution in [1.82, 2.24) is 4.90 Å². The molecule has 0 unspecified atom stereocenters. The fourth-order valence-electron chi connectivity index (χ4n) is 4.76. The maximum atomic E-state index is 9.10. The molecule has 1 fully saturated rings. The van der Waals surface area contributed by atoms with E-state index in [9.17, 15) is 0 Å². The van der Waals surface area contributed by atoms with Crippen molar-refractivity contribution in [2.24, 2.45) is 0 Å². The van der Waals surface area contributed by atoms with Crippen molar-refractivity contribution in [1.29, 1.82) is 5.26 Å². The van der Waals surface area contributed by atoms with Gasteiger partial charge in [0.1, 0.15) is 18.1 Å². The van der Waals surface area contributed by atoms with Crippen LogP contribution in [0.1, 0.15) is 36.8 Å². The predicted octanol–water partition coefficient (Wildman–Crippen LogP) is 6.47. The summed E-state index contributed by atoms with van der Waals surface area (Å²) in [5.41, 5.74) is 3.85. The monoisotopic (exact) mass is 586 g/mol. The van der Waals surface area contributed by atoms with E-state index in [4.69, 9.17) is 34.5 Å². The first kappa shape index (κ1) is 30.6. The van der Waals surface area contributed by atoms with E-state index in [2.05, 4.69) is 71.6 Å². The number of nitriles is 1. The largest absolute Gasteiger partial charge is 0.494 e. The lowest BCUT2D eigenvalue weighted by molar-refractivity contribution is -0.159. The van der Waals surface area contributed by atoms with Crippen molar-refractivity contribution in [3.05, 3.63) is 83.9 Å². The molecule has 1 saturated heterocycles. The van der Waals surface area contributed by atoms with Gasteiger partial charge in [0.05, 0.1) is 12.7 Å². The Morgan fingerprint density at radius 2 is 1.48 bits per heavy atom. The average molecular weight is 587 g/mol. The average Bonchev–Trinajstić information content (AvgIpc) is 3.65. The van der Waals surface area contributed by atoms with Gasteiger partial charge in [-0.1, -0.05) is 30.3 Å². The molecule has 42 heavy (non-hydrogen) atoms. The molecule has 5 rings (SSSR count). The highest BCUT2D eigenvalue weighted by Gasteiger charge is 2.15. The first-order valence-electron chi connectivity index (χ1n) is 14.0. The zero-order valence-electron chi connectivity index (χ0n) is 23.3. The molecule has 0 radical (unpaired) electrons. The van der Waals surface area contributed by atoms with Gasteiger partial charge in [-0.3, -0.25) is 4.90 Å². The Morgan fingerprint density at radius 3 is 2.12 bits per heavy atom. The molecule has 218 valence electrons. The number of benzene rings is 3. The summed E-state index contributed by atoms with van der Waals surface area (Å²) >= 11 is 1.85. The smallest absolute Gasteiger partial charge is 0.414 e. The number of hydrogen-bond acceptors (Lipinski definition) is 7. The number of carbonyl (C=O) groups is 2. The predicted molar refractivity (Wildman–Crippen MR) is 163 cm³/mol. The van der Waals surface area contributed by atoms with E-state index >= 15 is 0 Å². The Hall–Kier alpha value is -4.39. The van der Waals surface area contributed by atoms with Gasteiger partial charge in [-0.15, -0.1) is 11.3 Å². The Balaban J connectivity index is 0.000000612. The Bertz CT molecular complexity index is 1490. The van der Waals surface area contributed by atoms with Crippen molar-refractivity contribution < 1.29 is 29.3 Å². The highest BCUT2D eigenvalue weighted by molar-refractivity contribution is 7.22. The highest BCUT2D eigenvalue weighted by Crippen LogP contribution is 2.40. The molecule has 9 heteroatoms. The fourth-order valence-corrected chi connectivity index (χ4v) is 5.98. The molecule has 3 aromatic carbocycles. The van der Waals surface area contributed by atoms with Crippen molar-refractivity contribution in [3.63, 3.8) is 0 Å². The number of likely N-dealkylation sites (tertiary alicyclic amines) is 1. The molecule has 0 spiro atoms. The van der Waals surface area contributed by atoms with Crippen LogP contribution in [0.5, 0.6) is 11.5 Å². The van der Waals surface area contributed by atoms with Gasteiger partial charge in [-0.2, -0.15) is 5.26 Å². The molecule has 2 heterocycles. The summed E-state index contributed by atoms with van der Waals surface area (Å²) in [5.74, 6) is -1.86. The van der Waals surface area contributed by atoms with E-state index in [1.807, 2.05) is 23.5 Å². The van der Waals surface area contributed by atoms with E-state index in [0.717, 1.165) is 37.5 Å². The summed E-state index contributed by atoms with van der Waals surface area (Å²) in [6, 6.07) is 27.8. The molecule has 8 nitrogen and oxygen atoms in total. The zero-order valence-corrected chi connectivity index (χ0v) is 24.1. The molecule has 2 N–H and O–H groups in total. The maximum absolute atomic E-state index is 9.10. The molecule has 1 aliphatic heterocycles. The first-order chi connectivity index (χ1) is 20.4. The molecule has 1 aliphatic rings. The van der Waals surface area contributed by atoms with Crippen molar-refractivity contribution >= 4 is 33.4 Å². The molecule has 0 saturated carbocycles. The van der Waals surface area contributed by atoms with Crippen LogP contribution in [0.3, 0.4) is 0 Å². The minimum atomic E-state index is -1.82. The summed E-state index contributed by atoms with van der Waals surface area (Å²) in [5, 5.41) is 24.8. The second-order valence-electron chi connectivity index (χ2n) is 9.87. The van der Waals surface area contributed by atoms with E-state index in [1.54, 1.807) is 0 Å². The van der Waals surface area contributed by atoms with Crippen LogP contribution in [0.4, 0.5) is 0 Å². The normalized spacial score (nSPS) is 12.7. The standard InChI is InChI=1S/C31H32N2O2S.C2H2O4/c32-17-3-6-21-34-27-15-11-25(12-16-27)31-29(28-7-1-2-8-30(28)36-31)23-24-9-13-26(14-10-24)35-22-20-33-18-4-5-19-33;3-1(4)2(5)6/h1-2,7-16H,3-6,18-23H2;(H,3,4)(H,5,6). The fraction of sp³-hybridized carbons (Fsp3) is 0.303. The number of thiophene rings is 1. The molecule has 4 aromatic rings. The zero-order chi connectivity index (χ0) is 29.7. The van der Waals surface area contributed by atoms with Crippen molar-refractivity contribution in [3.8, 4) is 28.0 Å². The van der Waals surface area contributed by atoms with Crippen LogP contribution in [-0.4, -0.2) is 59.9 Å². The van der Waals surface area contributed by atoms with Gasteiger partial charge < -0.3 is 19.7 Å². The van der Waals surface area contributed by atoms with Gasteiger partial charge >= 0.3 is 11.9 Å². The van der Waals surface area contributed by atoms with Gasteiger partial charge in [0.25, 0.3) is 0 Å². The number of rotatable bonds is 11. The van der Waals surface area contributed by atoms with Crippen LogP contribution >= 0.6 is 11.3 Å². The number of unbranched alkanes of at least 4 members (excludes halogenated alkanes) is 1. The van der Waals surface area contributed by atoms with Crippen LogP contribution in [0.2, 0.25) is 0 Å².